The lowest BCUT2D eigenvalue weighted by atomic mass is 10.4. The summed E-state index contributed by atoms with van der Waals surface area (Å²) in [6.45, 7) is 5.47. The fourth-order valence-electron chi connectivity index (χ4n) is 1.64. The summed E-state index contributed by atoms with van der Waals surface area (Å²) in [5, 5.41) is 2.69. The normalized spacial score (nSPS) is 11.8. The van der Waals surface area contributed by atoms with Crippen molar-refractivity contribution < 1.29 is 13.2 Å². The van der Waals surface area contributed by atoms with Gasteiger partial charge in [0.05, 0.1) is 11.4 Å². The van der Waals surface area contributed by atoms with Crippen molar-refractivity contribution in [2.45, 2.75) is 31.7 Å². The van der Waals surface area contributed by atoms with Gasteiger partial charge in [-0.1, -0.05) is 25.1 Å². The van der Waals surface area contributed by atoms with Crippen molar-refractivity contribution in [1.29, 1.82) is 0 Å². The highest BCUT2D eigenvalue weighted by Crippen LogP contribution is 2.14. The number of benzene rings is 1. The van der Waals surface area contributed by atoms with Crippen LogP contribution in [0.5, 0.6) is 0 Å². The van der Waals surface area contributed by atoms with E-state index in [9.17, 15) is 13.2 Å². The second kappa shape index (κ2) is 6.68. The molecule has 1 rings (SSSR count). The molecule has 0 unspecified atom stereocenters. The van der Waals surface area contributed by atoms with Crippen LogP contribution in [0.25, 0.3) is 0 Å². The first-order valence-corrected chi connectivity index (χ1v) is 7.66. The standard InChI is InChI=1S/C13H20N2O3S/c1-4-15(10-13(16)14-11(2)3)19(17,18)12-8-6-5-7-9-12/h5-9,11H,4,10H2,1-3H3,(H,14,16). The maximum atomic E-state index is 12.3. The van der Waals surface area contributed by atoms with Crippen LogP contribution in [0, 0.1) is 0 Å². The third-order valence-corrected chi connectivity index (χ3v) is 4.44. The minimum atomic E-state index is -3.61. The second-order valence-electron chi connectivity index (χ2n) is 4.47. The summed E-state index contributed by atoms with van der Waals surface area (Å²) >= 11 is 0. The van der Waals surface area contributed by atoms with Crippen LogP contribution in [0.3, 0.4) is 0 Å². The Morgan fingerprint density at radius 2 is 1.84 bits per heavy atom. The third kappa shape index (κ3) is 4.33. The van der Waals surface area contributed by atoms with E-state index in [1.807, 2.05) is 13.8 Å². The zero-order chi connectivity index (χ0) is 14.5. The first-order valence-electron chi connectivity index (χ1n) is 6.22. The molecule has 106 valence electrons. The number of sulfonamides is 1. The molecule has 0 heterocycles. The Kier molecular flexibility index (Phi) is 5.50. The van der Waals surface area contributed by atoms with Gasteiger partial charge in [0.15, 0.2) is 0 Å². The molecular weight excluding hydrogens is 264 g/mol. The maximum absolute atomic E-state index is 12.3. The zero-order valence-corrected chi connectivity index (χ0v) is 12.3. The van der Waals surface area contributed by atoms with Crippen LogP contribution < -0.4 is 5.32 Å². The molecule has 0 saturated carbocycles. The number of rotatable bonds is 6. The SMILES string of the molecule is CCN(CC(=O)NC(C)C)S(=O)(=O)c1ccccc1. The first kappa shape index (κ1) is 15.7. The maximum Gasteiger partial charge on any atom is 0.243 e. The molecule has 0 aromatic heterocycles. The molecule has 0 saturated heterocycles. The predicted molar refractivity (Wildman–Crippen MR) is 74.2 cm³/mol. The summed E-state index contributed by atoms with van der Waals surface area (Å²) < 4.78 is 25.8. The average molecular weight is 284 g/mol. The molecule has 0 spiro atoms. The van der Waals surface area contributed by atoms with Gasteiger partial charge in [-0.2, -0.15) is 4.31 Å². The summed E-state index contributed by atoms with van der Waals surface area (Å²) in [5.74, 6) is -0.295. The summed E-state index contributed by atoms with van der Waals surface area (Å²) in [6, 6.07) is 8.12. The van der Waals surface area contributed by atoms with E-state index < -0.39 is 10.0 Å². The highest BCUT2D eigenvalue weighted by Gasteiger charge is 2.24. The molecule has 0 radical (unpaired) electrons. The monoisotopic (exact) mass is 284 g/mol. The van der Waals surface area contributed by atoms with E-state index in [2.05, 4.69) is 5.32 Å². The Hall–Kier alpha value is -1.40. The van der Waals surface area contributed by atoms with E-state index in [1.165, 1.54) is 16.4 Å². The van der Waals surface area contributed by atoms with Crippen LogP contribution in [0.15, 0.2) is 35.2 Å². The van der Waals surface area contributed by atoms with Crippen molar-refractivity contribution >= 4 is 15.9 Å². The topological polar surface area (TPSA) is 66.5 Å². The number of hydrogen-bond donors (Lipinski definition) is 1. The van der Waals surface area contributed by atoms with Crippen LogP contribution in [0.4, 0.5) is 0 Å². The van der Waals surface area contributed by atoms with E-state index in [-0.39, 0.29) is 29.9 Å². The predicted octanol–water partition coefficient (Wildman–Crippen LogP) is 1.22. The lowest BCUT2D eigenvalue weighted by Crippen LogP contribution is -2.42. The molecule has 0 aliphatic heterocycles. The number of nitrogens with zero attached hydrogens (tertiary/aromatic N) is 1. The summed E-state index contributed by atoms with van der Waals surface area (Å²) in [4.78, 5) is 11.9. The van der Waals surface area contributed by atoms with Gasteiger partial charge in [0.1, 0.15) is 0 Å². The van der Waals surface area contributed by atoms with Crippen molar-refractivity contribution in [3.05, 3.63) is 30.3 Å². The Morgan fingerprint density at radius 1 is 1.26 bits per heavy atom. The van der Waals surface area contributed by atoms with E-state index in [4.69, 9.17) is 0 Å². The van der Waals surface area contributed by atoms with Gasteiger partial charge in [0.25, 0.3) is 0 Å². The molecule has 0 aliphatic rings. The van der Waals surface area contributed by atoms with E-state index in [0.717, 1.165) is 0 Å². The Balaban J connectivity index is 2.88. The molecule has 1 amide bonds. The smallest absolute Gasteiger partial charge is 0.243 e. The highest BCUT2D eigenvalue weighted by molar-refractivity contribution is 7.89. The van der Waals surface area contributed by atoms with Gasteiger partial charge >= 0.3 is 0 Å². The highest BCUT2D eigenvalue weighted by atomic mass is 32.2. The summed E-state index contributed by atoms with van der Waals surface area (Å²) in [6.07, 6.45) is 0. The first-order chi connectivity index (χ1) is 8.87. The quantitative estimate of drug-likeness (QED) is 0.854. The van der Waals surface area contributed by atoms with Gasteiger partial charge in [-0.25, -0.2) is 8.42 Å². The molecule has 1 N–H and O–H groups in total. The van der Waals surface area contributed by atoms with Gasteiger partial charge < -0.3 is 5.32 Å². The van der Waals surface area contributed by atoms with Crippen molar-refractivity contribution in [2.75, 3.05) is 13.1 Å². The number of carbonyl (C=O) groups excluding carboxylic acids is 1. The number of likely N-dealkylation sites (N-methyl/N-ethyl adjacent to an activating group) is 1. The number of carbonyl (C=O) groups is 1. The number of nitrogens with one attached hydrogen (secondary N) is 1. The second-order valence-corrected chi connectivity index (χ2v) is 6.40. The molecule has 5 nitrogen and oxygen atoms in total. The van der Waals surface area contributed by atoms with Crippen LogP contribution in [-0.4, -0.2) is 37.8 Å². The van der Waals surface area contributed by atoms with Crippen molar-refractivity contribution in [2.24, 2.45) is 0 Å². The van der Waals surface area contributed by atoms with Gasteiger partial charge in [0, 0.05) is 12.6 Å². The van der Waals surface area contributed by atoms with Gasteiger partial charge in [-0.05, 0) is 26.0 Å². The summed E-state index contributed by atoms with van der Waals surface area (Å²) in [7, 11) is -3.61. The molecule has 6 heteroatoms. The van der Waals surface area contributed by atoms with Crippen molar-refractivity contribution in [1.82, 2.24) is 9.62 Å². The molecule has 0 atom stereocenters. The fourth-order valence-corrected chi connectivity index (χ4v) is 3.06. The minimum absolute atomic E-state index is 0.00867. The molecule has 19 heavy (non-hydrogen) atoms. The third-order valence-electron chi connectivity index (χ3n) is 2.50. The van der Waals surface area contributed by atoms with Crippen molar-refractivity contribution in [3.8, 4) is 0 Å². The molecule has 1 aromatic carbocycles. The Bertz CT molecular complexity index is 512. The van der Waals surface area contributed by atoms with E-state index in [0.29, 0.717) is 0 Å². The van der Waals surface area contributed by atoms with Gasteiger partial charge in [-0.3, -0.25) is 4.79 Å². The zero-order valence-electron chi connectivity index (χ0n) is 11.5. The lowest BCUT2D eigenvalue weighted by molar-refractivity contribution is -0.121. The lowest BCUT2D eigenvalue weighted by Gasteiger charge is -2.20. The van der Waals surface area contributed by atoms with Crippen LogP contribution in [0.1, 0.15) is 20.8 Å². The van der Waals surface area contributed by atoms with Crippen molar-refractivity contribution in [3.63, 3.8) is 0 Å². The molecular formula is C13H20N2O3S. The van der Waals surface area contributed by atoms with E-state index >= 15 is 0 Å². The molecule has 0 bridgehead atoms. The average Bonchev–Trinajstić information content (AvgIpc) is 2.36. The Labute approximate surface area is 114 Å². The summed E-state index contributed by atoms with van der Waals surface area (Å²) in [5.41, 5.74) is 0. The van der Waals surface area contributed by atoms with Gasteiger partial charge in [-0.15, -0.1) is 0 Å². The van der Waals surface area contributed by atoms with Gasteiger partial charge in [0.2, 0.25) is 15.9 Å². The number of amides is 1. The Morgan fingerprint density at radius 3 is 2.32 bits per heavy atom. The molecule has 0 fully saturated rings. The molecule has 1 aromatic rings. The fraction of sp³-hybridized carbons (Fsp3) is 0.462. The molecule has 0 aliphatic carbocycles. The van der Waals surface area contributed by atoms with Crippen LogP contribution >= 0.6 is 0 Å². The van der Waals surface area contributed by atoms with Crippen LogP contribution in [0.2, 0.25) is 0 Å². The largest absolute Gasteiger partial charge is 0.353 e. The van der Waals surface area contributed by atoms with Crippen LogP contribution in [-0.2, 0) is 14.8 Å². The minimum Gasteiger partial charge on any atom is -0.353 e. The van der Waals surface area contributed by atoms with E-state index in [1.54, 1.807) is 25.1 Å². The number of hydrogen-bond acceptors (Lipinski definition) is 3.